The van der Waals surface area contributed by atoms with E-state index in [0.29, 0.717) is 5.58 Å². The van der Waals surface area contributed by atoms with E-state index < -0.39 is 0 Å². The van der Waals surface area contributed by atoms with Crippen molar-refractivity contribution in [3.63, 3.8) is 0 Å². The van der Waals surface area contributed by atoms with Gasteiger partial charge in [0.1, 0.15) is 5.58 Å². The highest BCUT2D eigenvalue weighted by Gasteiger charge is 2.15. The third-order valence-corrected chi connectivity index (χ3v) is 3.03. The number of hydrogen-bond donors (Lipinski definition) is 0. The van der Waals surface area contributed by atoms with Crippen molar-refractivity contribution < 1.29 is 4.42 Å². The summed E-state index contributed by atoms with van der Waals surface area (Å²) in [6, 6.07) is 7.36. The van der Waals surface area contributed by atoms with Crippen LogP contribution in [0.1, 0.15) is 12.0 Å². The third-order valence-electron chi connectivity index (χ3n) is 3.03. The highest BCUT2D eigenvalue weighted by atomic mass is 16.4. The van der Waals surface area contributed by atoms with Crippen molar-refractivity contribution in [3.8, 4) is 0 Å². The van der Waals surface area contributed by atoms with Crippen LogP contribution in [0.3, 0.4) is 0 Å². The Morgan fingerprint density at radius 1 is 1.25 bits per heavy atom. The van der Waals surface area contributed by atoms with Crippen LogP contribution in [0, 0.1) is 6.92 Å². The highest BCUT2D eigenvalue weighted by molar-refractivity contribution is 5.84. The van der Waals surface area contributed by atoms with E-state index in [0.717, 1.165) is 29.7 Å². The molecule has 1 radical (unpaired) electrons. The zero-order valence-electron chi connectivity index (χ0n) is 8.90. The van der Waals surface area contributed by atoms with Gasteiger partial charge in [-0.2, -0.15) is 0 Å². The second-order valence-electron chi connectivity index (χ2n) is 4.11. The SMILES string of the molecule is [CH2]c1cc(=O)oc2cc(N3CCC3)ccc12. The molecule has 0 bridgehead atoms. The van der Waals surface area contributed by atoms with Gasteiger partial charge in [-0.05, 0) is 31.0 Å². The Hall–Kier alpha value is -1.77. The van der Waals surface area contributed by atoms with Crippen LogP contribution in [0.15, 0.2) is 33.5 Å². The molecule has 81 valence electrons. The Morgan fingerprint density at radius 2 is 2.06 bits per heavy atom. The Bertz CT molecular complexity index is 596. The molecule has 3 heteroatoms. The second-order valence-corrected chi connectivity index (χ2v) is 4.11. The van der Waals surface area contributed by atoms with Crippen molar-refractivity contribution in [2.45, 2.75) is 6.42 Å². The lowest BCUT2D eigenvalue weighted by atomic mass is 10.1. The number of benzene rings is 1. The molecule has 0 spiro atoms. The van der Waals surface area contributed by atoms with Crippen molar-refractivity contribution in [1.29, 1.82) is 0 Å². The molecule has 1 aliphatic rings. The largest absolute Gasteiger partial charge is 0.423 e. The van der Waals surface area contributed by atoms with Crippen LogP contribution in [-0.4, -0.2) is 13.1 Å². The van der Waals surface area contributed by atoms with Crippen molar-refractivity contribution in [2.75, 3.05) is 18.0 Å². The molecule has 0 amide bonds. The summed E-state index contributed by atoms with van der Waals surface area (Å²) in [6.45, 7) is 6.01. The number of rotatable bonds is 1. The van der Waals surface area contributed by atoms with Gasteiger partial charge >= 0.3 is 5.63 Å². The maximum absolute atomic E-state index is 11.2. The molecular formula is C13H12NO2. The minimum atomic E-state index is -0.335. The lowest BCUT2D eigenvalue weighted by Crippen LogP contribution is -2.36. The van der Waals surface area contributed by atoms with Gasteiger partial charge in [-0.15, -0.1) is 0 Å². The molecule has 1 aromatic heterocycles. The number of hydrogen-bond acceptors (Lipinski definition) is 3. The first kappa shape index (κ1) is 9.46. The summed E-state index contributed by atoms with van der Waals surface area (Å²) in [5, 5.41) is 0.906. The molecule has 0 unspecified atom stereocenters. The fraction of sp³-hybridized carbons (Fsp3) is 0.231. The maximum Gasteiger partial charge on any atom is 0.336 e. The third kappa shape index (κ3) is 1.40. The second kappa shape index (κ2) is 3.37. The molecule has 1 saturated heterocycles. The average Bonchev–Trinajstić information content (AvgIpc) is 2.13. The van der Waals surface area contributed by atoms with E-state index in [1.165, 1.54) is 12.5 Å². The van der Waals surface area contributed by atoms with E-state index in [4.69, 9.17) is 4.42 Å². The van der Waals surface area contributed by atoms with Crippen LogP contribution < -0.4 is 10.5 Å². The first-order chi connectivity index (χ1) is 7.74. The van der Waals surface area contributed by atoms with E-state index in [1.54, 1.807) is 0 Å². The predicted octanol–water partition coefficient (Wildman–Crippen LogP) is 2.19. The smallest absolute Gasteiger partial charge is 0.336 e. The van der Waals surface area contributed by atoms with Gasteiger partial charge in [0.25, 0.3) is 0 Å². The van der Waals surface area contributed by atoms with Gasteiger partial charge in [-0.3, -0.25) is 0 Å². The van der Waals surface area contributed by atoms with Crippen molar-refractivity contribution in [1.82, 2.24) is 0 Å². The first-order valence-electron chi connectivity index (χ1n) is 5.39. The van der Waals surface area contributed by atoms with Gasteiger partial charge in [0.05, 0.1) is 0 Å². The zero-order valence-corrected chi connectivity index (χ0v) is 8.90. The van der Waals surface area contributed by atoms with Gasteiger partial charge in [0, 0.05) is 36.3 Å². The molecule has 2 aromatic rings. The number of nitrogens with zero attached hydrogens (tertiary/aromatic N) is 1. The van der Waals surface area contributed by atoms with Gasteiger partial charge < -0.3 is 9.32 Å². The standard InChI is InChI=1S/C13H12NO2/c1-9-7-13(15)16-12-8-10(3-4-11(9)12)14-5-2-6-14/h3-4,7-8H,1-2,5-6H2. The Balaban J connectivity index is 2.19. The van der Waals surface area contributed by atoms with Gasteiger partial charge in [-0.25, -0.2) is 4.79 Å². The Kier molecular flexibility index (Phi) is 1.99. The van der Waals surface area contributed by atoms with Crippen LogP contribution in [0.25, 0.3) is 11.0 Å². The van der Waals surface area contributed by atoms with E-state index >= 15 is 0 Å². The average molecular weight is 214 g/mol. The zero-order chi connectivity index (χ0) is 11.1. The summed E-state index contributed by atoms with van der Waals surface area (Å²) in [5.74, 6) is 0. The molecule has 3 nitrogen and oxygen atoms in total. The summed E-state index contributed by atoms with van der Waals surface area (Å²) in [6.07, 6.45) is 1.23. The lowest BCUT2D eigenvalue weighted by Gasteiger charge is -2.33. The van der Waals surface area contributed by atoms with E-state index in [9.17, 15) is 4.79 Å². The topological polar surface area (TPSA) is 33.5 Å². The minimum absolute atomic E-state index is 0.335. The van der Waals surface area contributed by atoms with Crippen molar-refractivity contribution >= 4 is 16.7 Å². The quantitative estimate of drug-likeness (QED) is 0.682. The van der Waals surface area contributed by atoms with Gasteiger partial charge in [-0.1, -0.05) is 0 Å². The molecule has 0 aliphatic carbocycles. The molecule has 1 aromatic carbocycles. The van der Waals surface area contributed by atoms with Crippen LogP contribution >= 0.6 is 0 Å². The predicted molar refractivity (Wildman–Crippen MR) is 63.8 cm³/mol. The fourth-order valence-corrected chi connectivity index (χ4v) is 1.99. The van der Waals surface area contributed by atoms with Gasteiger partial charge in [0.15, 0.2) is 0 Å². The lowest BCUT2D eigenvalue weighted by molar-refractivity contribution is 0.559. The van der Waals surface area contributed by atoms with Crippen LogP contribution in [0.2, 0.25) is 0 Å². The van der Waals surface area contributed by atoms with Crippen molar-refractivity contribution in [3.05, 3.63) is 47.2 Å². The Morgan fingerprint density at radius 3 is 2.75 bits per heavy atom. The minimum Gasteiger partial charge on any atom is -0.423 e. The van der Waals surface area contributed by atoms with Crippen LogP contribution in [-0.2, 0) is 0 Å². The van der Waals surface area contributed by atoms with E-state index in [2.05, 4.69) is 17.9 Å². The molecule has 1 fully saturated rings. The van der Waals surface area contributed by atoms with E-state index in [1.807, 2.05) is 12.1 Å². The summed E-state index contributed by atoms with van der Waals surface area (Å²) >= 11 is 0. The van der Waals surface area contributed by atoms with Gasteiger partial charge in [0.2, 0.25) is 0 Å². The molecule has 0 saturated carbocycles. The van der Waals surface area contributed by atoms with Crippen LogP contribution in [0.5, 0.6) is 0 Å². The maximum atomic E-state index is 11.2. The molecule has 0 N–H and O–H groups in total. The number of anilines is 1. The Labute approximate surface area is 93.3 Å². The summed E-state index contributed by atoms with van der Waals surface area (Å²) < 4.78 is 5.18. The molecule has 2 heterocycles. The molecule has 1 aliphatic heterocycles. The molecule has 16 heavy (non-hydrogen) atoms. The summed E-state index contributed by atoms with van der Waals surface area (Å²) in [4.78, 5) is 13.5. The molecule has 3 rings (SSSR count). The summed E-state index contributed by atoms with van der Waals surface area (Å²) in [7, 11) is 0. The highest BCUT2D eigenvalue weighted by Crippen LogP contribution is 2.26. The summed E-state index contributed by atoms with van der Waals surface area (Å²) in [5.41, 5.74) is 2.13. The number of fused-ring (bicyclic) bond motifs is 1. The fourth-order valence-electron chi connectivity index (χ4n) is 1.99. The molecule has 0 atom stereocenters. The first-order valence-corrected chi connectivity index (χ1v) is 5.39. The molecular weight excluding hydrogens is 202 g/mol. The monoisotopic (exact) mass is 214 g/mol. The normalized spacial score (nSPS) is 15.2. The van der Waals surface area contributed by atoms with Crippen LogP contribution in [0.4, 0.5) is 5.69 Å². The van der Waals surface area contributed by atoms with Crippen molar-refractivity contribution in [2.24, 2.45) is 0 Å². The van der Waals surface area contributed by atoms with E-state index in [-0.39, 0.29) is 5.63 Å².